The van der Waals surface area contributed by atoms with Crippen molar-refractivity contribution in [1.29, 1.82) is 0 Å². The van der Waals surface area contributed by atoms with Gasteiger partial charge in [-0.3, -0.25) is 0 Å². The van der Waals surface area contributed by atoms with E-state index in [-0.39, 0.29) is 6.04 Å². The molecule has 1 N–H and O–H groups in total. The van der Waals surface area contributed by atoms with Crippen molar-refractivity contribution < 1.29 is 4.79 Å². The van der Waals surface area contributed by atoms with Gasteiger partial charge in [-0.15, -0.1) is 0 Å². The number of allylic oxidation sites excluding steroid dienone is 2. The summed E-state index contributed by atoms with van der Waals surface area (Å²) >= 11 is 0. The fourth-order valence-electron chi connectivity index (χ4n) is 2.42. The molecule has 1 atom stereocenters. The van der Waals surface area contributed by atoms with Crippen molar-refractivity contribution in [2.45, 2.75) is 38.1 Å². The van der Waals surface area contributed by atoms with Crippen LogP contribution < -0.4 is 5.32 Å². The van der Waals surface area contributed by atoms with Gasteiger partial charge in [0.15, 0.2) is 0 Å². The molecular formula is C18H23NO. The predicted molar refractivity (Wildman–Crippen MR) is 83.7 cm³/mol. The summed E-state index contributed by atoms with van der Waals surface area (Å²) in [5.74, 6) is 0. The highest BCUT2D eigenvalue weighted by molar-refractivity contribution is 5.58. The number of benzene rings is 1. The maximum absolute atomic E-state index is 10.7. The molecule has 20 heavy (non-hydrogen) atoms. The SMILES string of the molecule is O=CC1CC=C(/C=C/CCCc2ccccc2)CCN1. The van der Waals surface area contributed by atoms with E-state index in [2.05, 4.69) is 53.9 Å². The van der Waals surface area contributed by atoms with Crippen molar-refractivity contribution in [2.75, 3.05) is 6.54 Å². The summed E-state index contributed by atoms with van der Waals surface area (Å²) in [5, 5.41) is 3.23. The van der Waals surface area contributed by atoms with Crippen LogP contribution in [0.1, 0.15) is 31.2 Å². The van der Waals surface area contributed by atoms with Gasteiger partial charge in [0.2, 0.25) is 0 Å². The summed E-state index contributed by atoms with van der Waals surface area (Å²) in [4.78, 5) is 10.7. The van der Waals surface area contributed by atoms with E-state index in [1.54, 1.807) is 0 Å². The van der Waals surface area contributed by atoms with Crippen LogP contribution in [0.4, 0.5) is 0 Å². The van der Waals surface area contributed by atoms with E-state index >= 15 is 0 Å². The van der Waals surface area contributed by atoms with Crippen LogP contribution >= 0.6 is 0 Å². The van der Waals surface area contributed by atoms with Crippen LogP contribution in [0.25, 0.3) is 0 Å². The first-order valence-electron chi connectivity index (χ1n) is 7.46. The highest BCUT2D eigenvalue weighted by Crippen LogP contribution is 2.11. The lowest BCUT2D eigenvalue weighted by Gasteiger charge is -2.04. The molecule has 0 saturated heterocycles. The standard InChI is InChI=1S/C18H23NO/c20-15-18-12-11-17(13-14-19-18)10-6-2-5-9-16-7-3-1-4-8-16/h1,3-4,6-8,10-11,15,18-19H,2,5,9,12-14H2/b10-6+. The van der Waals surface area contributed by atoms with E-state index in [0.29, 0.717) is 0 Å². The number of aldehydes is 1. The van der Waals surface area contributed by atoms with Crippen molar-refractivity contribution in [1.82, 2.24) is 5.32 Å². The first-order valence-corrected chi connectivity index (χ1v) is 7.46. The van der Waals surface area contributed by atoms with Gasteiger partial charge in [-0.25, -0.2) is 0 Å². The van der Waals surface area contributed by atoms with Crippen LogP contribution in [0.5, 0.6) is 0 Å². The van der Waals surface area contributed by atoms with Crippen LogP contribution in [0.15, 0.2) is 54.1 Å². The Kier molecular flexibility index (Phi) is 6.25. The van der Waals surface area contributed by atoms with Crippen molar-refractivity contribution in [2.24, 2.45) is 0 Å². The molecule has 1 aliphatic heterocycles. The molecule has 0 spiro atoms. The van der Waals surface area contributed by atoms with Crippen LogP contribution in [0.3, 0.4) is 0 Å². The lowest BCUT2D eigenvalue weighted by molar-refractivity contribution is -0.109. The monoisotopic (exact) mass is 269 g/mol. The molecule has 0 aliphatic carbocycles. The van der Waals surface area contributed by atoms with Gasteiger partial charge in [0.05, 0.1) is 6.04 Å². The number of aryl methyl sites for hydroxylation is 1. The van der Waals surface area contributed by atoms with Gasteiger partial charge < -0.3 is 10.1 Å². The van der Waals surface area contributed by atoms with Crippen molar-refractivity contribution in [3.63, 3.8) is 0 Å². The lowest BCUT2D eigenvalue weighted by Crippen LogP contribution is -2.29. The van der Waals surface area contributed by atoms with Gasteiger partial charge in [-0.05, 0) is 44.2 Å². The van der Waals surface area contributed by atoms with Crippen molar-refractivity contribution in [3.8, 4) is 0 Å². The van der Waals surface area contributed by atoms with Crippen LogP contribution in [0, 0.1) is 0 Å². The molecule has 1 aliphatic rings. The normalized spacial score (nSPS) is 19.6. The van der Waals surface area contributed by atoms with Gasteiger partial charge >= 0.3 is 0 Å². The van der Waals surface area contributed by atoms with E-state index in [4.69, 9.17) is 0 Å². The van der Waals surface area contributed by atoms with Gasteiger partial charge in [-0.2, -0.15) is 0 Å². The molecule has 2 rings (SSSR count). The predicted octanol–water partition coefficient (Wildman–Crippen LogP) is 3.44. The minimum Gasteiger partial charge on any atom is -0.307 e. The summed E-state index contributed by atoms with van der Waals surface area (Å²) in [6, 6.07) is 10.6. The Hall–Kier alpha value is -1.67. The zero-order valence-electron chi connectivity index (χ0n) is 11.9. The molecule has 0 fully saturated rings. The lowest BCUT2D eigenvalue weighted by atomic mass is 10.1. The maximum Gasteiger partial charge on any atom is 0.137 e. The minimum atomic E-state index is -0.000944. The average molecular weight is 269 g/mol. The molecule has 2 nitrogen and oxygen atoms in total. The van der Waals surface area contributed by atoms with E-state index < -0.39 is 0 Å². The summed E-state index contributed by atoms with van der Waals surface area (Å²) in [6.45, 7) is 0.892. The number of hydrogen-bond acceptors (Lipinski definition) is 2. The number of carbonyl (C=O) groups excluding carboxylic acids is 1. The average Bonchev–Trinajstić information content (AvgIpc) is 2.73. The number of rotatable bonds is 6. The van der Waals surface area contributed by atoms with E-state index in [0.717, 1.165) is 38.5 Å². The highest BCUT2D eigenvalue weighted by Gasteiger charge is 2.08. The third kappa shape index (κ3) is 5.14. The Morgan fingerprint density at radius 3 is 2.90 bits per heavy atom. The molecule has 0 saturated carbocycles. The smallest absolute Gasteiger partial charge is 0.137 e. The molecule has 0 bridgehead atoms. The van der Waals surface area contributed by atoms with Crippen LogP contribution in [-0.4, -0.2) is 18.9 Å². The number of hydrogen-bond donors (Lipinski definition) is 1. The van der Waals surface area contributed by atoms with Crippen molar-refractivity contribution in [3.05, 3.63) is 59.7 Å². The third-order valence-electron chi connectivity index (χ3n) is 3.63. The van der Waals surface area contributed by atoms with Crippen LogP contribution in [0.2, 0.25) is 0 Å². The van der Waals surface area contributed by atoms with Gasteiger partial charge in [0, 0.05) is 0 Å². The van der Waals surface area contributed by atoms with Crippen LogP contribution in [-0.2, 0) is 11.2 Å². The maximum atomic E-state index is 10.7. The number of unbranched alkanes of at least 4 members (excludes halogenated alkanes) is 1. The van der Waals surface area contributed by atoms with Crippen molar-refractivity contribution >= 4 is 6.29 Å². The molecule has 2 heteroatoms. The minimum absolute atomic E-state index is 0.000944. The Balaban J connectivity index is 1.70. The zero-order chi connectivity index (χ0) is 14.0. The molecular weight excluding hydrogens is 246 g/mol. The molecule has 0 radical (unpaired) electrons. The Bertz CT molecular complexity index is 462. The fourth-order valence-corrected chi connectivity index (χ4v) is 2.42. The Morgan fingerprint density at radius 2 is 2.10 bits per heavy atom. The molecule has 1 unspecified atom stereocenters. The molecule has 0 amide bonds. The number of carbonyl (C=O) groups is 1. The Morgan fingerprint density at radius 1 is 1.25 bits per heavy atom. The molecule has 106 valence electrons. The summed E-state index contributed by atoms with van der Waals surface area (Å²) in [6.07, 6.45) is 12.9. The fraction of sp³-hybridized carbons (Fsp3) is 0.389. The largest absolute Gasteiger partial charge is 0.307 e. The molecule has 1 heterocycles. The van der Waals surface area contributed by atoms with Gasteiger partial charge in [0.25, 0.3) is 0 Å². The Labute approximate surface area is 121 Å². The summed E-state index contributed by atoms with van der Waals surface area (Å²) in [7, 11) is 0. The molecule has 1 aromatic carbocycles. The molecule has 1 aromatic rings. The van der Waals surface area contributed by atoms with Gasteiger partial charge in [-0.1, -0.05) is 54.1 Å². The molecule has 0 aromatic heterocycles. The topological polar surface area (TPSA) is 29.1 Å². The number of nitrogens with one attached hydrogen (secondary N) is 1. The first-order chi connectivity index (χ1) is 9.88. The van der Waals surface area contributed by atoms with Gasteiger partial charge in [0.1, 0.15) is 6.29 Å². The quantitative estimate of drug-likeness (QED) is 0.633. The second-order valence-corrected chi connectivity index (χ2v) is 5.24. The first kappa shape index (κ1) is 14.7. The third-order valence-corrected chi connectivity index (χ3v) is 3.63. The zero-order valence-corrected chi connectivity index (χ0v) is 11.9. The second kappa shape index (κ2) is 8.49. The summed E-state index contributed by atoms with van der Waals surface area (Å²) in [5.41, 5.74) is 2.76. The van der Waals surface area contributed by atoms with E-state index in [1.807, 2.05) is 0 Å². The summed E-state index contributed by atoms with van der Waals surface area (Å²) < 4.78 is 0. The second-order valence-electron chi connectivity index (χ2n) is 5.24. The van der Waals surface area contributed by atoms with E-state index in [1.165, 1.54) is 17.6 Å². The van der Waals surface area contributed by atoms with E-state index in [9.17, 15) is 4.79 Å². The highest BCUT2D eigenvalue weighted by atomic mass is 16.1.